The van der Waals surface area contributed by atoms with E-state index in [1.54, 1.807) is 11.3 Å². The van der Waals surface area contributed by atoms with E-state index >= 15 is 0 Å². The summed E-state index contributed by atoms with van der Waals surface area (Å²) in [5.74, 6) is 0.845. The summed E-state index contributed by atoms with van der Waals surface area (Å²) in [6.45, 7) is 10.6. The summed E-state index contributed by atoms with van der Waals surface area (Å²) in [6, 6.07) is 7.94. The maximum atomic E-state index is 6.31. The van der Waals surface area contributed by atoms with Crippen LogP contribution in [0.25, 0.3) is 0 Å². The molecule has 2 aromatic rings. The van der Waals surface area contributed by atoms with Gasteiger partial charge in [-0.2, -0.15) is 0 Å². The highest BCUT2D eigenvalue weighted by atomic mass is 32.1. The number of aromatic nitrogens is 1. The SMILES string of the molecule is C=C(C)COc1ccc(C(N)Cc2nc(CC)c(C)s2)cc1. The van der Waals surface area contributed by atoms with Crippen molar-refractivity contribution in [3.63, 3.8) is 0 Å². The van der Waals surface area contributed by atoms with Crippen molar-refractivity contribution in [1.29, 1.82) is 0 Å². The number of rotatable bonds is 7. The van der Waals surface area contributed by atoms with Crippen LogP contribution in [0.2, 0.25) is 0 Å². The molecule has 0 aliphatic heterocycles. The van der Waals surface area contributed by atoms with Gasteiger partial charge in [-0.25, -0.2) is 4.98 Å². The van der Waals surface area contributed by atoms with Gasteiger partial charge in [-0.1, -0.05) is 25.6 Å². The molecule has 22 heavy (non-hydrogen) atoms. The van der Waals surface area contributed by atoms with E-state index in [9.17, 15) is 0 Å². The molecule has 2 rings (SSSR count). The summed E-state index contributed by atoms with van der Waals surface area (Å²) in [4.78, 5) is 5.96. The summed E-state index contributed by atoms with van der Waals surface area (Å²) in [5, 5.41) is 1.12. The number of hydrogen-bond donors (Lipinski definition) is 1. The quantitative estimate of drug-likeness (QED) is 0.778. The molecule has 0 saturated carbocycles. The third-order valence-corrected chi connectivity index (χ3v) is 4.50. The number of thiazole rings is 1. The number of nitrogens with zero attached hydrogens (tertiary/aromatic N) is 1. The van der Waals surface area contributed by atoms with Gasteiger partial charge in [0.1, 0.15) is 12.4 Å². The lowest BCUT2D eigenvalue weighted by molar-refractivity contribution is 0.352. The fourth-order valence-electron chi connectivity index (χ4n) is 2.23. The number of benzene rings is 1. The Morgan fingerprint density at radius 1 is 1.36 bits per heavy atom. The van der Waals surface area contributed by atoms with Crippen LogP contribution in [0, 0.1) is 6.92 Å². The van der Waals surface area contributed by atoms with E-state index in [2.05, 4.69) is 25.4 Å². The zero-order valence-electron chi connectivity index (χ0n) is 13.6. The molecule has 0 saturated heterocycles. The summed E-state index contributed by atoms with van der Waals surface area (Å²) in [7, 11) is 0. The zero-order valence-corrected chi connectivity index (χ0v) is 14.4. The van der Waals surface area contributed by atoms with Crippen LogP contribution in [0.4, 0.5) is 0 Å². The molecule has 0 spiro atoms. The molecule has 1 heterocycles. The molecule has 1 aromatic heterocycles. The second-order valence-electron chi connectivity index (χ2n) is 5.59. The van der Waals surface area contributed by atoms with E-state index in [1.165, 1.54) is 10.6 Å². The Morgan fingerprint density at radius 2 is 2.05 bits per heavy atom. The van der Waals surface area contributed by atoms with E-state index in [0.29, 0.717) is 6.61 Å². The lowest BCUT2D eigenvalue weighted by atomic mass is 10.1. The predicted octanol–water partition coefficient (Wildman–Crippen LogP) is 4.21. The highest BCUT2D eigenvalue weighted by Gasteiger charge is 2.12. The molecule has 0 fully saturated rings. The average molecular weight is 316 g/mol. The lowest BCUT2D eigenvalue weighted by Gasteiger charge is -2.12. The fourth-order valence-corrected chi connectivity index (χ4v) is 3.31. The molecule has 3 nitrogen and oxygen atoms in total. The van der Waals surface area contributed by atoms with Crippen molar-refractivity contribution in [3.8, 4) is 5.75 Å². The van der Waals surface area contributed by atoms with Crippen molar-refractivity contribution in [3.05, 3.63) is 57.6 Å². The van der Waals surface area contributed by atoms with Crippen molar-refractivity contribution < 1.29 is 4.74 Å². The minimum atomic E-state index is -0.0366. The molecule has 1 aromatic carbocycles. The third kappa shape index (κ3) is 4.42. The summed E-state index contributed by atoms with van der Waals surface area (Å²) in [5.41, 5.74) is 9.61. The first-order valence-electron chi connectivity index (χ1n) is 7.57. The fraction of sp³-hybridized carbons (Fsp3) is 0.389. The van der Waals surface area contributed by atoms with Crippen LogP contribution in [0.1, 0.15) is 41.0 Å². The van der Waals surface area contributed by atoms with Crippen LogP contribution in [0.15, 0.2) is 36.4 Å². The van der Waals surface area contributed by atoms with Crippen LogP contribution in [-0.4, -0.2) is 11.6 Å². The van der Waals surface area contributed by atoms with Gasteiger partial charge in [0.05, 0.1) is 10.7 Å². The standard InChI is InChI=1S/C18H24N2OS/c1-5-17-13(4)22-18(20-17)10-16(19)14-6-8-15(9-7-14)21-11-12(2)3/h6-9,16H,2,5,10-11,19H2,1,3-4H3. The molecule has 0 radical (unpaired) electrons. The third-order valence-electron chi connectivity index (χ3n) is 3.46. The van der Waals surface area contributed by atoms with Crippen LogP contribution in [0.3, 0.4) is 0 Å². The second-order valence-corrected chi connectivity index (χ2v) is 6.88. The predicted molar refractivity (Wildman–Crippen MR) is 93.6 cm³/mol. The average Bonchev–Trinajstić information content (AvgIpc) is 2.85. The van der Waals surface area contributed by atoms with Crippen LogP contribution < -0.4 is 10.5 Å². The molecule has 0 aliphatic carbocycles. The zero-order chi connectivity index (χ0) is 16.1. The Kier molecular flexibility index (Phi) is 5.75. The molecule has 4 heteroatoms. The smallest absolute Gasteiger partial charge is 0.119 e. The van der Waals surface area contributed by atoms with E-state index in [0.717, 1.165) is 34.7 Å². The lowest BCUT2D eigenvalue weighted by Crippen LogP contribution is -2.13. The van der Waals surface area contributed by atoms with Crippen molar-refractivity contribution in [2.45, 2.75) is 39.7 Å². The first kappa shape index (κ1) is 16.7. The second kappa shape index (κ2) is 7.56. The molecular weight excluding hydrogens is 292 g/mol. The Labute approximate surface area is 136 Å². The highest BCUT2D eigenvalue weighted by molar-refractivity contribution is 7.11. The monoisotopic (exact) mass is 316 g/mol. The normalized spacial score (nSPS) is 12.2. The number of nitrogens with two attached hydrogens (primary N) is 1. The van der Waals surface area contributed by atoms with Crippen LogP contribution in [0.5, 0.6) is 5.75 Å². The Bertz CT molecular complexity index is 631. The maximum absolute atomic E-state index is 6.31. The Morgan fingerprint density at radius 3 is 2.59 bits per heavy atom. The van der Waals surface area contributed by atoms with Gasteiger partial charge >= 0.3 is 0 Å². The summed E-state index contributed by atoms with van der Waals surface area (Å²) < 4.78 is 5.60. The van der Waals surface area contributed by atoms with Crippen molar-refractivity contribution in [1.82, 2.24) is 4.98 Å². The highest BCUT2D eigenvalue weighted by Crippen LogP contribution is 2.24. The summed E-state index contributed by atoms with van der Waals surface area (Å²) >= 11 is 1.75. The number of hydrogen-bond acceptors (Lipinski definition) is 4. The Balaban J connectivity index is 1.99. The van der Waals surface area contributed by atoms with Gasteiger partial charge in [0, 0.05) is 17.3 Å². The van der Waals surface area contributed by atoms with E-state index in [-0.39, 0.29) is 6.04 Å². The topological polar surface area (TPSA) is 48.1 Å². The molecule has 0 aliphatic rings. The van der Waals surface area contributed by atoms with Crippen molar-refractivity contribution >= 4 is 11.3 Å². The van der Waals surface area contributed by atoms with Crippen molar-refractivity contribution in [2.75, 3.05) is 6.61 Å². The maximum Gasteiger partial charge on any atom is 0.119 e. The van der Waals surface area contributed by atoms with Crippen LogP contribution >= 0.6 is 11.3 Å². The first-order valence-corrected chi connectivity index (χ1v) is 8.39. The molecule has 2 N–H and O–H groups in total. The molecule has 0 bridgehead atoms. The number of aryl methyl sites for hydroxylation is 2. The molecule has 1 unspecified atom stereocenters. The van der Waals surface area contributed by atoms with Gasteiger partial charge in [-0.15, -0.1) is 11.3 Å². The molecule has 0 amide bonds. The Hall–Kier alpha value is -1.65. The molecular formula is C18H24N2OS. The van der Waals surface area contributed by atoms with Gasteiger partial charge in [0.2, 0.25) is 0 Å². The molecule has 118 valence electrons. The minimum Gasteiger partial charge on any atom is -0.489 e. The van der Waals surface area contributed by atoms with E-state index in [1.807, 2.05) is 31.2 Å². The van der Waals surface area contributed by atoms with Crippen molar-refractivity contribution in [2.24, 2.45) is 5.73 Å². The minimum absolute atomic E-state index is 0.0366. The largest absolute Gasteiger partial charge is 0.489 e. The van der Waals surface area contributed by atoms with Gasteiger partial charge in [0.25, 0.3) is 0 Å². The van der Waals surface area contributed by atoms with Gasteiger partial charge in [0.15, 0.2) is 0 Å². The van der Waals surface area contributed by atoms with E-state index < -0.39 is 0 Å². The van der Waals surface area contributed by atoms with Gasteiger partial charge in [-0.05, 0) is 43.5 Å². The molecule has 1 atom stereocenters. The summed E-state index contributed by atoms with van der Waals surface area (Å²) in [6.07, 6.45) is 1.75. The first-order chi connectivity index (χ1) is 10.5. The van der Waals surface area contributed by atoms with Gasteiger partial charge < -0.3 is 10.5 Å². The van der Waals surface area contributed by atoms with E-state index in [4.69, 9.17) is 10.5 Å². The van der Waals surface area contributed by atoms with Crippen LogP contribution in [-0.2, 0) is 12.8 Å². The van der Waals surface area contributed by atoms with Gasteiger partial charge in [-0.3, -0.25) is 0 Å². The number of ether oxygens (including phenoxy) is 1.